The quantitative estimate of drug-likeness (QED) is 0.620. The van der Waals surface area contributed by atoms with Crippen LogP contribution < -0.4 is 5.73 Å². The summed E-state index contributed by atoms with van der Waals surface area (Å²) in [6.07, 6.45) is 6.35. The van der Waals surface area contributed by atoms with Crippen LogP contribution in [0, 0.1) is 12.8 Å². The summed E-state index contributed by atoms with van der Waals surface area (Å²) in [7, 11) is 1.67. The van der Waals surface area contributed by atoms with Gasteiger partial charge in [0.1, 0.15) is 0 Å². The summed E-state index contributed by atoms with van der Waals surface area (Å²) in [5.41, 5.74) is 9.68. The van der Waals surface area contributed by atoms with Crippen molar-refractivity contribution in [3.8, 4) is 5.69 Å². The molecule has 8 nitrogen and oxygen atoms in total. The maximum absolute atomic E-state index is 13.0. The Morgan fingerprint density at radius 3 is 2.64 bits per heavy atom. The molecule has 0 radical (unpaired) electrons. The first-order valence-corrected chi connectivity index (χ1v) is 11.7. The van der Waals surface area contributed by atoms with E-state index >= 15 is 0 Å². The predicted molar refractivity (Wildman–Crippen MR) is 123 cm³/mol. The number of amides is 2. The summed E-state index contributed by atoms with van der Waals surface area (Å²) in [6, 6.07) is 5.44. The maximum Gasteiger partial charge on any atom is 0.248 e. The number of aryl methyl sites for hydroxylation is 2. The molecule has 1 aromatic heterocycles. The van der Waals surface area contributed by atoms with Crippen molar-refractivity contribution < 1.29 is 19.1 Å². The van der Waals surface area contributed by atoms with Crippen LogP contribution in [0.5, 0.6) is 0 Å². The Hall–Kier alpha value is -3.00. The van der Waals surface area contributed by atoms with Gasteiger partial charge in [-0.05, 0) is 62.8 Å². The number of Topliss-reactive ketones (excluding diaryl/α,β-unsaturated/α-hetero) is 1. The van der Waals surface area contributed by atoms with Crippen molar-refractivity contribution in [2.75, 3.05) is 20.3 Å². The zero-order valence-electron chi connectivity index (χ0n) is 19.4. The highest BCUT2D eigenvalue weighted by molar-refractivity contribution is 6.03. The monoisotopic (exact) mass is 452 g/mol. The summed E-state index contributed by atoms with van der Waals surface area (Å²) >= 11 is 0. The number of methoxy groups -OCH3 is 1. The van der Waals surface area contributed by atoms with Crippen LogP contribution in [-0.4, -0.2) is 52.5 Å². The molecule has 33 heavy (non-hydrogen) atoms. The average molecular weight is 453 g/mol. The van der Waals surface area contributed by atoms with Gasteiger partial charge in [-0.2, -0.15) is 5.10 Å². The first kappa shape index (κ1) is 23.2. The topological polar surface area (TPSA) is 108 Å². The van der Waals surface area contributed by atoms with E-state index < -0.39 is 5.91 Å². The highest BCUT2D eigenvalue weighted by Gasteiger charge is 2.35. The summed E-state index contributed by atoms with van der Waals surface area (Å²) in [4.78, 5) is 39.7. The van der Waals surface area contributed by atoms with Crippen LogP contribution in [0.25, 0.3) is 5.69 Å². The molecule has 1 aliphatic carbocycles. The number of rotatable bonds is 8. The molecular formula is C25H32N4O4. The van der Waals surface area contributed by atoms with E-state index in [1.165, 1.54) is 0 Å². The molecule has 0 spiro atoms. The molecule has 2 amide bonds. The number of carbonyl (C=O) groups excluding carboxylic acids is 3. The van der Waals surface area contributed by atoms with Crippen LogP contribution in [-0.2, 0) is 22.5 Å². The molecule has 0 saturated heterocycles. The van der Waals surface area contributed by atoms with Crippen molar-refractivity contribution in [3.63, 3.8) is 0 Å². The lowest BCUT2D eigenvalue weighted by molar-refractivity contribution is -0.135. The van der Waals surface area contributed by atoms with Crippen molar-refractivity contribution in [1.29, 1.82) is 0 Å². The molecule has 1 fully saturated rings. The number of primary amides is 1. The normalized spacial score (nSPS) is 16.3. The molecule has 1 saturated carbocycles. The molecule has 2 aliphatic rings. The minimum absolute atomic E-state index is 0.0189. The lowest BCUT2D eigenvalue weighted by Gasteiger charge is -2.29. The lowest BCUT2D eigenvalue weighted by Crippen LogP contribution is -2.42. The SMILES string of the molecule is COCCCCc1cc(-n2nc(C)c3c2CN(C(=O)C2CCCC2)CC3=O)ccc1C(N)=O. The Kier molecular flexibility index (Phi) is 6.93. The summed E-state index contributed by atoms with van der Waals surface area (Å²) in [5.74, 6) is -0.449. The fraction of sp³-hybridized carbons (Fsp3) is 0.520. The van der Waals surface area contributed by atoms with Gasteiger partial charge in [-0.1, -0.05) is 12.8 Å². The Bertz CT molecular complexity index is 1070. The number of fused-ring (bicyclic) bond motifs is 1. The van der Waals surface area contributed by atoms with Crippen LogP contribution >= 0.6 is 0 Å². The third-order valence-electron chi connectivity index (χ3n) is 6.77. The molecule has 0 atom stereocenters. The third kappa shape index (κ3) is 4.71. The summed E-state index contributed by atoms with van der Waals surface area (Å²) in [5, 5.41) is 4.65. The Balaban J connectivity index is 1.66. The first-order valence-electron chi connectivity index (χ1n) is 11.7. The van der Waals surface area contributed by atoms with Gasteiger partial charge in [0, 0.05) is 25.2 Å². The minimum Gasteiger partial charge on any atom is -0.385 e. The Morgan fingerprint density at radius 1 is 1.18 bits per heavy atom. The van der Waals surface area contributed by atoms with Crippen LogP contribution in [0.2, 0.25) is 0 Å². The number of hydrogen-bond donors (Lipinski definition) is 1. The van der Waals surface area contributed by atoms with Crippen LogP contribution in [0.4, 0.5) is 0 Å². The number of unbranched alkanes of at least 4 members (excludes halogenated alkanes) is 1. The number of ketones is 1. The van der Waals surface area contributed by atoms with E-state index in [1.54, 1.807) is 28.8 Å². The van der Waals surface area contributed by atoms with Gasteiger partial charge in [0.25, 0.3) is 0 Å². The lowest BCUT2D eigenvalue weighted by atomic mass is 9.99. The summed E-state index contributed by atoms with van der Waals surface area (Å²) < 4.78 is 6.87. The van der Waals surface area contributed by atoms with Gasteiger partial charge in [-0.15, -0.1) is 0 Å². The highest BCUT2D eigenvalue weighted by Crippen LogP contribution is 2.31. The molecular weight excluding hydrogens is 420 g/mol. The van der Waals surface area contributed by atoms with E-state index in [0.29, 0.717) is 36.4 Å². The minimum atomic E-state index is -0.467. The number of nitrogens with two attached hydrogens (primary N) is 1. The molecule has 0 bridgehead atoms. The van der Waals surface area contributed by atoms with Gasteiger partial charge in [0.2, 0.25) is 11.8 Å². The molecule has 176 valence electrons. The average Bonchev–Trinajstić information content (AvgIpc) is 3.44. The van der Waals surface area contributed by atoms with E-state index in [2.05, 4.69) is 5.10 Å². The second-order valence-corrected chi connectivity index (χ2v) is 9.07. The Morgan fingerprint density at radius 2 is 1.94 bits per heavy atom. The van der Waals surface area contributed by atoms with E-state index in [0.717, 1.165) is 55.5 Å². The maximum atomic E-state index is 13.0. The van der Waals surface area contributed by atoms with E-state index in [9.17, 15) is 14.4 Å². The Labute approximate surface area is 194 Å². The molecule has 4 rings (SSSR count). The number of nitrogens with zero attached hydrogens (tertiary/aromatic N) is 3. The van der Waals surface area contributed by atoms with Crippen molar-refractivity contribution in [2.24, 2.45) is 11.7 Å². The van der Waals surface area contributed by atoms with Gasteiger partial charge in [-0.3, -0.25) is 14.4 Å². The number of benzene rings is 1. The van der Waals surface area contributed by atoms with E-state index in [1.807, 2.05) is 13.0 Å². The summed E-state index contributed by atoms with van der Waals surface area (Å²) in [6.45, 7) is 2.95. The van der Waals surface area contributed by atoms with Gasteiger partial charge in [-0.25, -0.2) is 4.68 Å². The van der Waals surface area contributed by atoms with Gasteiger partial charge in [0.15, 0.2) is 5.78 Å². The molecule has 0 unspecified atom stereocenters. The van der Waals surface area contributed by atoms with Gasteiger partial charge < -0.3 is 15.4 Å². The van der Waals surface area contributed by atoms with Crippen LogP contribution in [0.1, 0.15) is 76.2 Å². The number of aromatic nitrogens is 2. The van der Waals surface area contributed by atoms with Crippen molar-refractivity contribution in [1.82, 2.24) is 14.7 Å². The van der Waals surface area contributed by atoms with Gasteiger partial charge in [0.05, 0.1) is 35.7 Å². The highest BCUT2D eigenvalue weighted by atomic mass is 16.5. The molecule has 2 N–H and O–H groups in total. The smallest absolute Gasteiger partial charge is 0.248 e. The van der Waals surface area contributed by atoms with Crippen LogP contribution in [0.3, 0.4) is 0 Å². The van der Waals surface area contributed by atoms with Gasteiger partial charge >= 0.3 is 0 Å². The largest absolute Gasteiger partial charge is 0.385 e. The second kappa shape index (κ2) is 9.87. The van der Waals surface area contributed by atoms with E-state index in [4.69, 9.17) is 10.5 Å². The van der Waals surface area contributed by atoms with Crippen molar-refractivity contribution in [2.45, 2.75) is 58.4 Å². The molecule has 1 aromatic carbocycles. The fourth-order valence-corrected chi connectivity index (χ4v) is 5.09. The van der Waals surface area contributed by atoms with Crippen LogP contribution in [0.15, 0.2) is 18.2 Å². The molecule has 8 heteroatoms. The standard InChI is InChI=1S/C25H32N4O4/c1-16-23-21(14-28(15-22(23)30)25(32)17-7-3-4-8-17)29(27-16)19-10-11-20(24(26)31)18(13-19)9-5-6-12-33-2/h10-11,13,17H,3-9,12,14-15H2,1-2H3,(H2,26,31). The third-order valence-corrected chi connectivity index (χ3v) is 6.77. The fourth-order valence-electron chi connectivity index (χ4n) is 5.09. The first-order chi connectivity index (χ1) is 15.9. The number of carbonyl (C=O) groups is 3. The van der Waals surface area contributed by atoms with Crippen molar-refractivity contribution >= 4 is 17.6 Å². The second-order valence-electron chi connectivity index (χ2n) is 9.07. The molecule has 2 heterocycles. The molecule has 2 aromatic rings. The van der Waals surface area contributed by atoms with E-state index in [-0.39, 0.29) is 24.2 Å². The number of ether oxygens (including phenoxy) is 1. The zero-order valence-corrected chi connectivity index (χ0v) is 19.4. The molecule has 1 aliphatic heterocycles. The number of hydrogen-bond acceptors (Lipinski definition) is 5. The van der Waals surface area contributed by atoms with Crippen molar-refractivity contribution in [3.05, 3.63) is 46.3 Å². The zero-order chi connectivity index (χ0) is 23.5. The predicted octanol–water partition coefficient (Wildman–Crippen LogP) is 2.96.